The van der Waals surface area contributed by atoms with Crippen LogP contribution in [0.15, 0.2) is 47.5 Å². The first kappa shape index (κ1) is 18.5. The van der Waals surface area contributed by atoms with Gasteiger partial charge in [0.15, 0.2) is 5.96 Å². The van der Waals surface area contributed by atoms with Crippen LogP contribution in [0.4, 0.5) is 11.4 Å². The van der Waals surface area contributed by atoms with Crippen LogP contribution in [-0.2, 0) is 0 Å². The van der Waals surface area contributed by atoms with Gasteiger partial charge in [-0.25, -0.2) is 0 Å². The van der Waals surface area contributed by atoms with Gasteiger partial charge in [0, 0.05) is 17.9 Å². The fourth-order valence-corrected chi connectivity index (χ4v) is 6.09. The van der Waals surface area contributed by atoms with Gasteiger partial charge in [0.05, 0.1) is 6.04 Å². The van der Waals surface area contributed by atoms with E-state index in [1.165, 1.54) is 41.6 Å². The van der Waals surface area contributed by atoms with Crippen LogP contribution in [-0.4, -0.2) is 12.5 Å². The van der Waals surface area contributed by atoms with Gasteiger partial charge in [0.25, 0.3) is 0 Å². The van der Waals surface area contributed by atoms with Gasteiger partial charge >= 0.3 is 0 Å². The molecule has 1 aliphatic heterocycles. The van der Waals surface area contributed by atoms with Crippen molar-refractivity contribution in [3.8, 4) is 0 Å². The monoisotopic (exact) mass is 388 g/mol. The number of rotatable bonds is 4. The normalized spacial score (nSPS) is 29.9. The number of nitrogens with two attached hydrogens (primary N) is 1. The SMILES string of the molecule is CCCN=C(N)Nc1ccc2c(c1)C1C3CCC(C3)C1C(c1ccc(C)cc1)N2. The second-order valence-electron chi connectivity index (χ2n) is 9.16. The molecule has 29 heavy (non-hydrogen) atoms. The van der Waals surface area contributed by atoms with E-state index in [9.17, 15) is 0 Å². The van der Waals surface area contributed by atoms with Crippen molar-refractivity contribution in [3.63, 3.8) is 0 Å². The summed E-state index contributed by atoms with van der Waals surface area (Å²) >= 11 is 0. The Kier molecular flexibility index (Phi) is 4.73. The van der Waals surface area contributed by atoms with Crippen molar-refractivity contribution in [2.45, 2.75) is 51.5 Å². The van der Waals surface area contributed by atoms with Crippen LogP contribution in [0.25, 0.3) is 0 Å². The average Bonchev–Trinajstić information content (AvgIpc) is 3.35. The fraction of sp³-hybridized carbons (Fsp3) is 0.480. The second kappa shape index (κ2) is 7.40. The fourth-order valence-electron chi connectivity index (χ4n) is 6.09. The average molecular weight is 389 g/mol. The van der Waals surface area contributed by atoms with Crippen molar-refractivity contribution in [2.24, 2.45) is 28.5 Å². The zero-order valence-corrected chi connectivity index (χ0v) is 17.5. The molecule has 2 aliphatic carbocycles. The molecule has 5 atom stereocenters. The first-order chi connectivity index (χ1) is 14.1. The molecule has 0 amide bonds. The van der Waals surface area contributed by atoms with Gasteiger partial charge in [-0.05, 0) is 85.6 Å². The third-order valence-corrected chi connectivity index (χ3v) is 7.30. The summed E-state index contributed by atoms with van der Waals surface area (Å²) in [7, 11) is 0. The molecular weight excluding hydrogens is 356 g/mol. The molecular formula is C25H32N4. The minimum atomic E-state index is 0.415. The smallest absolute Gasteiger partial charge is 0.193 e. The Morgan fingerprint density at radius 2 is 1.93 bits per heavy atom. The van der Waals surface area contributed by atoms with E-state index >= 15 is 0 Å². The van der Waals surface area contributed by atoms with E-state index in [1.54, 1.807) is 0 Å². The number of nitrogens with zero attached hydrogens (tertiary/aromatic N) is 1. The molecule has 0 spiro atoms. The number of guanidine groups is 1. The van der Waals surface area contributed by atoms with Crippen molar-refractivity contribution in [3.05, 3.63) is 59.2 Å². The van der Waals surface area contributed by atoms with Gasteiger partial charge in [-0.2, -0.15) is 0 Å². The Labute approximate surface area is 174 Å². The lowest BCUT2D eigenvalue weighted by Gasteiger charge is -2.43. The molecule has 1 heterocycles. The van der Waals surface area contributed by atoms with E-state index in [1.807, 2.05) is 0 Å². The van der Waals surface area contributed by atoms with Crippen molar-refractivity contribution in [1.29, 1.82) is 0 Å². The predicted molar refractivity (Wildman–Crippen MR) is 121 cm³/mol. The Bertz CT molecular complexity index is 917. The minimum absolute atomic E-state index is 0.415. The highest BCUT2D eigenvalue weighted by molar-refractivity contribution is 5.92. The Hall–Kier alpha value is -2.49. The quantitative estimate of drug-likeness (QED) is 0.483. The molecule has 0 aromatic heterocycles. The second-order valence-corrected chi connectivity index (χ2v) is 9.16. The highest BCUT2D eigenvalue weighted by atomic mass is 15.1. The van der Waals surface area contributed by atoms with Gasteiger partial charge in [-0.3, -0.25) is 4.99 Å². The number of hydrogen-bond donors (Lipinski definition) is 3. The zero-order valence-electron chi connectivity index (χ0n) is 17.5. The molecule has 5 rings (SSSR count). The molecule has 2 bridgehead atoms. The molecule has 4 N–H and O–H groups in total. The minimum Gasteiger partial charge on any atom is -0.378 e. The van der Waals surface area contributed by atoms with Crippen LogP contribution in [0.1, 0.15) is 61.3 Å². The van der Waals surface area contributed by atoms with E-state index in [4.69, 9.17) is 5.73 Å². The molecule has 0 saturated heterocycles. The van der Waals surface area contributed by atoms with E-state index in [-0.39, 0.29) is 0 Å². The molecule has 2 aromatic rings. The van der Waals surface area contributed by atoms with Crippen molar-refractivity contribution < 1.29 is 0 Å². The zero-order chi connectivity index (χ0) is 20.0. The van der Waals surface area contributed by atoms with E-state index < -0.39 is 0 Å². The Morgan fingerprint density at radius 3 is 2.72 bits per heavy atom. The van der Waals surface area contributed by atoms with Crippen LogP contribution in [0.5, 0.6) is 0 Å². The standard InChI is InChI=1S/C25H32N4/c1-3-12-27-25(26)28-19-10-11-21-20(14-19)22-17-8-9-18(13-17)23(22)24(29-21)16-6-4-15(2)5-7-16/h4-7,10-11,14,17-18,22-24,29H,3,8-9,12-13H2,1-2H3,(H3,26,27,28). The summed E-state index contributed by atoms with van der Waals surface area (Å²) < 4.78 is 0. The highest BCUT2D eigenvalue weighted by Gasteiger charge is 2.53. The molecule has 2 fully saturated rings. The summed E-state index contributed by atoms with van der Waals surface area (Å²) in [6.45, 7) is 5.04. The first-order valence-corrected chi connectivity index (χ1v) is 11.2. The van der Waals surface area contributed by atoms with Crippen molar-refractivity contribution in [2.75, 3.05) is 17.2 Å². The van der Waals surface area contributed by atoms with Gasteiger partial charge in [-0.1, -0.05) is 36.8 Å². The molecule has 152 valence electrons. The van der Waals surface area contributed by atoms with Crippen LogP contribution in [0, 0.1) is 24.7 Å². The lowest BCUT2D eigenvalue weighted by molar-refractivity contribution is 0.247. The lowest BCUT2D eigenvalue weighted by atomic mass is 9.68. The maximum atomic E-state index is 6.07. The number of fused-ring (bicyclic) bond motifs is 7. The molecule has 5 unspecified atom stereocenters. The van der Waals surface area contributed by atoms with E-state index in [0.717, 1.165) is 30.5 Å². The number of aryl methyl sites for hydroxylation is 1. The van der Waals surface area contributed by atoms with Gasteiger partial charge < -0.3 is 16.4 Å². The maximum Gasteiger partial charge on any atom is 0.193 e. The van der Waals surface area contributed by atoms with Gasteiger partial charge in [0.2, 0.25) is 0 Å². The first-order valence-electron chi connectivity index (χ1n) is 11.2. The third kappa shape index (κ3) is 3.29. The van der Waals surface area contributed by atoms with Crippen LogP contribution in [0.2, 0.25) is 0 Å². The maximum absolute atomic E-state index is 6.07. The van der Waals surface area contributed by atoms with Crippen molar-refractivity contribution >= 4 is 17.3 Å². The summed E-state index contributed by atoms with van der Waals surface area (Å²) in [6.07, 6.45) is 5.16. The van der Waals surface area contributed by atoms with E-state index in [0.29, 0.717) is 23.8 Å². The molecule has 4 nitrogen and oxygen atoms in total. The Balaban J connectivity index is 1.49. The lowest BCUT2D eigenvalue weighted by Crippen LogP contribution is -2.35. The summed E-state index contributed by atoms with van der Waals surface area (Å²) in [5, 5.41) is 7.21. The number of hydrogen-bond acceptors (Lipinski definition) is 2. The number of aliphatic imine (C=N–C) groups is 1. The topological polar surface area (TPSA) is 62.4 Å². The number of anilines is 2. The molecule has 4 heteroatoms. The molecule has 2 aromatic carbocycles. The van der Waals surface area contributed by atoms with Crippen LogP contribution >= 0.6 is 0 Å². The van der Waals surface area contributed by atoms with Crippen LogP contribution < -0.4 is 16.4 Å². The van der Waals surface area contributed by atoms with Gasteiger partial charge in [0.1, 0.15) is 0 Å². The third-order valence-electron chi connectivity index (χ3n) is 7.30. The molecule has 0 radical (unpaired) electrons. The number of benzene rings is 2. The highest BCUT2D eigenvalue weighted by Crippen LogP contribution is 2.63. The Morgan fingerprint density at radius 1 is 1.14 bits per heavy atom. The number of nitrogens with one attached hydrogen (secondary N) is 2. The van der Waals surface area contributed by atoms with E-state index in [2.05, 4.69) is 71.9 Å². The van der Waals surface area contributed by atoms with Crippen molar-refractivity contribution in [1.82, 2.24) is 0 Å². The predicted octanol–water partition coefficient (Wildman–Crippen LogP) is 5.43. The van der Waals surface area contributed by atoms with Crippen LogP contribution in [0.3, 0.4) is 0 Å². The largest absolute Gasteiger partial charge is 0.378 e. The summed E-state index contributed by atoms with van der Waals surface area (Å²) in [4.78, 5) is 4.38. The molecule has 3 aliphatic rings. The summed E-state index contributed by atoms with van der Waals surface area (Å²) in [6, 6.07) is 16.2. The molecule has 2 saturated carbocycles. The van der Waals surface area contributed by atoms with Gasteiger partial charge in [-0.15, -0.1) is 0 Å². The summed E-state index contributed by atoms with van der Waals surface area (Å²) in [5.41, 5.74) is 12.6. The summed E-state index contributed by atoms with van der Waals surface area (Å²) in [5.74, 6) is 3.50.